The average molecular weight is 302 g/mol. The van der Waals surface area contributed by atoms with E-state index in [1.54, 1.807) is 0 Å². The van der Waals surface area contributed by atoms with Crippen LogP contribution in [0.25, 0.3) is 0 Å². The van der Waals surface area contributed by atoms with Crippen molar-refractivity contribution in [3.05, 3.63) is 63.9 Å². The molecule has 1 aliphatic carbocycles. The van der Waals surface area contributed by atoms with Crippen LogP contribution in [0, 0.1) is 10.1 Å². The summed E-state index contributed by atoms with van der Waals surface area (Å²) in [5.41, 5.74) is 6.10. The molecule has 1 unspecified atom stereocenters. The first-order valence-electron chi connectivity index (χ1n) is 6.94. The molecule has 0 aromatic heterocycles. The molecule has 1 aromatic carbocycles. The average Bonchev–Trinajstić information content (AvgIpc) is 2.53. The Kier molecular flexibility index (Phi) is 5.13. The molecule has 0 radical (unpaired) electrons. The number of azo groups is 1. The lowest BCUT2D eigenvalue weighted by Crippen LogP contribution is -2.47. The Morgan fingerprint density at radius 1 is 1.36 bits per heavy atom. The molecule has 0 saturated carbocycles. The third-order valence-corrected chi connectivity index (χ3v) is 3.24. The zero-order valence-electron chi connectivity index (χ0n) is 12.3. The summed E-state index contributed by atoms with van der Waals surface area (Å²) in [5, 5.41) is 19.4. The number of nitrogens with zero attached hydrogens (tertiary/aromatic N) is 3. The van der Waals surface area contributed by atoms with Gasteiger partial charge in [-0.05, 0) is 30.7 Å². The summed E-state index contributed by atoms with van der Waals surface area (Å²) in [5.74, 6) is 0. The largest absolute Gasteiger partial charge is 0.377 e. The van der Waals surface area contributed by atoms with E-state index in [2.05, 4.69) is 10.2 Å². The highest BCUT2D eigenvalue weighted by Gasteiger charge is 2.39. The standard InChI is InChI=1S/C15H18N4O3/c1-2-22-11-12-10-15(16,19(20)21)9-8-14(12)18-17-13-6-4-3-5-7-13/h3-9H,2,10-11,16H2,1H3. The Balaban J connectivity index is 2.25. The maximum Gasteiger partial charge on any atom is 0.295 e. The van der Waals surface area contributed by atoms with E-state index in [9.17, 15) is 10.1 Å². The van der Waals surface area contributed by atoms with Gasteiger partial charge in [-0.15, -0.1) is 0 Å². The van der Waals surface area contributed by atoms with Crippen molar-refractivity contribution < 1.29 is 9.66 Å². The van der Waals surface area contributed by atoms with Gasteiger partial charge in [-0.2, -0.15) is 10.2 Å². The van der Waals surface area contributed by atoms with Crippen molar-refractivity contribution in [1.29, 1.82) is 0 Å². The molecule has 7 nitrogen and oxygen atoms in total. The van der Waals surface area contributed by atoms with Crippen LogP contribution >= 0.6 is 0 Å². The van der Waals surface area contributed by atoms with Crippen LogP contribution in [0.1, 0.15) is 13.3 Å². The van der Waals surface area contributed by atoms with E-state index in [0.29, 0.717) is 23.6 Å². The van der Waals surface area contributed by atoms with E-state index in [4.69, 9.17) is 10.5 Å². The molecule has 0 bridgehead atoms. The number of hydrogen-bond donors (Lipinski definition) is 1. The number of hydrogen-bond acceptors (Lipinski definition) is 6. The molecule has 7 heteroatoms. The van der Waals surface area contributed by atoms with Gasteiger partial charge in [0.15, 0.2) is 0 Å². The molecule has 0 aliphatic heterocycles. The number of allylic oxidation sites excluding steroid dienone is 1. The van der Waals surface area contributed by atoms with E-state index in [0.717, 1.165) is 0 Å². The van der Waals surface area contributed by atoms with Crippen LogP contribution in [-0.4, -0.2) is 23.8 Å². The van der Waals surface area contributed by atoms with Crippen LogP contribution < -0.4 is 5.73 Å². The molecular formula is C15H18N4O3. The Bertz CT molecular complexity index is 625. The highest BCUT2D eigenvalue weighted by Crippen LogP contribution is 2.28. The SMILES string of the molecule is CCOCC1=C(N=Nc2ccccc2)C=CC(N)([N+](=O)[O-])C1. The van der Waals surface area contributed by atoms with Crippen molar-refractivity contribution in [3.8, 4) is 0 Å². The van der Waals surface area contributed by atoms with Crippen molar-refractivity contribution in [2.75, 3.05) is 13.2 Å². The lowest BCUT2D eigenvalue weighted by molar-refractivity contribution is -0.554. The topological polar surface area (TPSA) is 103 Å². The minimum Gasteiger partial charge on any atom is -0.377 e. The smallest absolute Gasteiger partial charge is 0.295 e. The van der Waals surface area contributed by atoms with Crippen LogP contribution in [0.5, 0.6) is 0 Å². The Morgan fingerprint density at radius 2 is 2.09 bits per heavy atom. The van der Waals surface area contributed by atoms with E-state index in [1.165, 1.54) is 12.2 Å². The summed E-state index contributed by atoms with van der Waals surface area (Å²) < 4.78 is 5.36. The van der Waals surface area contributed by atoms with Gasteiger partial charge in [-0.3, -0.25) is 15.8 Å². The first-order chi connectivity index (χ1) is 10.5. The Labute approximate surface area is 128 Å². The Hall–Kier alpha value is -2.38. The fraction of sp³-hybridized carbons (Fsp3) is 0.333. The van der Waals surface area contributed by atoms with Gasteiger partial charge < -0.3 is 4.74 Å². The van der Waals surface area contributed by atoms with Crippen LogP contribution in [0.4, 0.5) is 5.69 Å². The molecule has 0 saturated heterocycles. The number of nitrogens with two attached hydrogens (primary N) is 1. The molecule has 0 amide bonds. The molecule has 22 heavy (non-hydrogen) atoms. The monoisotopic (exact) mass is 302 g/mol. The van der Waals surface area contributed by atoms with E-state index in [-0.39, 0.29) is 13.0 Å². The summed E-state index contributed by atoms with van der Waals surface area (Å²) >= 11 is 0. The molecular weight excluding hydrogens is 284 g/mol. The molecule has 116 valence electrons. The highest BCUT2D eigenvalue weighted by atomic mass is 16.6. The molecule has 0 heterocycles. The van der Waals surface area contributed by atoms with Crippen LogP contribution in [0.15, 0.2) is 64.0 Å². The van der Waals surface area contributed by atoms with Crippen molar-refractivity contribution in [2.45, 2.75) is 19.0 Å². The first kappa shape index (κ1) is 16.0. The van der Waals surface area contributed by atoms with Crippen LogP contribution in [-0.2, 0) is 4.74 Å². The number of ether oxygens (including phenoxy) is 1. The van der Waals surface area contributed by atoms with Gasteiger partial charge in [0.2, 0.25) is 0 Å². The molecule has 2 N–H and O–H groups in total. The summed E-state index contributed by atoms with van der Waals surface area (Å²) in [6.45, 7) is 2.61. The summed E-state index contributed by atoms with van der Waals surface area (Å²) in [4.78, 5) is 10.6. The normalized spacial score (nSPS) is 21.5. The second-order valence-corrected chi connectivity index (χ2v) is 4.92. The Morgan fingerprint density at radius 3 is 2.73 bits per heavy atom. The lowest BCUT2D eigenvalue weighted by atomic mass is 9.94. The van der Waals surface area contributed by atoms with Crippen LogP contribution in [0.3, 0.4) is 0 Å². The van der Waals surface area contributed by atoms with E-state index >= 15 is 0 Å². The zero-order chi connectivity index (χ0) is 16.0. The van der Waals surface area contributed by atoms with Gasteiger partial charge in [0, 0.05) is 17.6 Å². The molecule has 0 spiro atoms. The second kappa shape index (κ2) is 7.06. The maximum atomic E-state index is 11.1. The van der Waals surface area contributed by atoms with Crippen molar-refractivity contribution in [2.24, 2.45) is 16.0 Å². The third kappa shape index (κ3) is 3.84. The molecule has 0 fully saturated rings. The number of nitro groups is 1. The summed E-state index contributed by atoms with van der Waals surface area (Å²) in [7, 11) is 0. The molecule has 2 rings (SSSR count). The predicted octanol–water partition coefficient (Wildman–Crippen LogP) is 2.95. The quantitative estimate of drug-likeness (QED) is 0.377. The fourth-order valence-corrected chi connectivity index (χ4v) is 2.02. The van der Waals surface area contributed by atoms with E-state index in [1.807, 2.05) is 37.3 Å². The number of rotatable bonds is 6. The first-order valence-corrected chi connectivity index (χ1v) is 6.94. The summed E-state index contributed by atoms with van der Waals surface area (Å²) in [6.07, 6.45) is 2.94. The molecule has 1 aliphatic rings. The van der Waals surface area contributed by atoms with Crippen molar-refractivity contribution in [1.82, 2.24) is 0 Å². The number of benzene rings is 1. The third-order valence-electron chi connectivity index (χ3n) is 3.24. The summed E-state index contributed by atoms with van der Waals surface area (Å²) in [6, 6.07) is 9.25. The second-order valence-electron chi connectivity index (χ2n) is 4.92. The minimum absolute atomic E-state index is 0.0552. The van der Waals surface area contributed by atoms with Gasteiger partial charge in [-0.25, -0.2) is 0 Å². The van der Waals surface area contributed by atoms with Gasteiger partial charge >= 0.3 is 0 Å². The highest BCUT2D eigenvalue weighted by molar-refractivity contribution is 5.37. The van der Waals surface area contributed by atoms with Crippen LogP contribution in [0.2, 0.25) is 0 Å². The van der Waals surface area contributed by atoms with Gasteiger partial charge in [0.25, 0.3) is 5.66 Å². The maximum absolute atomic E-state index is 11.1. The van der Waals surface area contributed by atoms with E-state index < -0.39 is 10.6 Å². The lowest BCUT2D eigenvalue weighted by Gasteiger charge is -2.22. The van der Waals surface area contributed by atoms with Gasteiger partial charge in [-0.1, -0.05) is 18.2 Å². The van der Waals surface area contributed by atoms with Gasteiger partial charge in [0.05, 0.1) is 24.4 Å². The van der Waals surface area contributed by atoms with Gasteiger partial charge in [0.1, 0.15) is 0 Å². The van der Waals surface area contributed by atoms with Crippen molar-refractivity contribution >= 4 is 5.69 Å². The minimum atomic E-state index is -1.61. The molecule has 1 aromatic rings. The fourth-order valence-electron chi connectivity index (χ4n) is 2.02. The molecule has 1 atom stereocenters. The predicted molar refractivity (Wildman–Crippen MR) is 82.1 cm³/mol. The van der Waals surface area contributed by atoms with Crippen molar-refractivity contribution in [3.63, 3.8) is 0 Å². The zero-order valence-corrected chi connectivity index (χ0v) is 12.3.